The number of ether oxygens (including phenoxy) is 1. The summed E-state index contributed by atoms with van der Waals surface area (Å²) in [6.07, 6.45) is 3.74. The van der Waals surface area contributed by atoms with Crippen LogP contribution in [0.5, 0.6) is 0 Å². The van der Waals surface area contributed by atoms with E-state index < -0.39 is 11.0 Å². The molecular formula is C17H21NO2. The number of fused-ring (bicyclic) bond motifs is 2. The summed E-state index contributed by atoms with van der Waals surface area (Å²) in [7, 11) is 0. The Morgan fingerprint density at radius 3 is 2.65 bits per heavy atom. The maximum atomic E-state index is 11.2. The number of rotatable bonds is 4. The highest BCUT2D eigenvalue weighted by Crippen LogP contribution is 2.55. The van der Waals surface area contributed by atoms with Crippen LogP contribution in [-0.4, -0.2) is 22.9 Å². The lowest BCUT2D eigenvalue weighted by atomic mass is 9.61. The highest BCUT2D eigenvalue weighted by atomic mass is 16.5. The van der Waals surface area contributed by atoms with Gasteiger partial charge in [-0.3, -0.25) is 0 Å². The van der Waals surface area contributed by atoms with Gasteiger partial charge in [0.2, 0.25) is 0 Å². The van der Waals surface area contributed by atoms with Crippen molar-refractivity contribution in [1.29, 1.82) is 5.26 Å². The fourth-order valence-corrected chi connectivity index (χ4v) is 3.95. The second-order valence-electron chi connectivity index (χ2n) is 6.16. The van der Waals surface area contributed by atoms with Gasteiger partial charge in [-0.15, -0.1) is 0 Å². The highest BCUT2D eigenvalue weighted by Gasteiger charge is 2.62. The van der Waals surface area contributed by atoms with E-state index in [-0.39, 0.29) is 12.2 Å². The minimum absolute atomic E-state index is 0.105. The molecule has 2 aliphatic heterocycles. The Bertz CT molecular complexity index is 524. The Balaban J connectivity index is 1.93. The van der Waals surface area contributed by atoms with Crippen molar-refractivity contribution in [2.75, 3.05) is 0 Å². The van der Waals surface area contributed by atoms with Gasteiger partial charge in [0.1, 0.15) is 5.41 Å². The lowest BCUT2D eigenvalue weighted by Crippen LogP contribution is -2.54. The average molecular weight is 271 g/mol. The largest absolute Gasteiger partial charge is 0.388 e. The lowest BCUT2D eigenvalue weighted by molar-refractivity contribution is -0.0872. The molecule has 2 heterocycles. The van der Waals surface area contributed by atoms with E-state index in [1.165, 1.54) is 0 Å². The predicted molar refractivity (Wildman–Crippen MR) is 75.9 cm³/mol. The van der Waals surface area contributed by atoms with Crippen molar-refractivity contribution in [2.45, 2.75) is 56.8 Å². The van der Waals surface area contributed by atoms with Crippen LogP contribution in [-0.2, 0) is 11.2 Å². The van der Waals surface area contributed by atoms with Crippen molar-refractivity contribution in [3.05, 3.63) is 35.9 Å². The molecule has 2 bridgehead atoms. The molecule has 2 fully saturated rings. The number of aliphatic hydroxyl groups is 1. The van der Waals surface area contributed by atoms with E-state index in [1.54, 1.807) is 0 Å². The van der Waals surface area contributed by atoms with Crippen LogP contribution in [0.4, 0.5) is 0 Å². The van der Waals surface area contributed by atoms with Crippen LogP contribution in [0.3, 0.4) is 0 Å². The van der Waals surface area contributed by atoms with Gasteiger partial charge in [0.05, 0.1) is 23.9 Å². The zero-order valence-corrected chi connectivity index (χ0v) is 11.9. The van der Waals surface area contributed by atoms with Gasteiger partial charge in [-0.2, -0.15) is 5.26 Å². The van der Waals surface area contributed by atoms with Gasteiger partial charge < -0.3 is 9.84 Å². The fraction of sp³-hybridized carbons (Fsp3) is 0.588. The Morgan fingerprint density at radius 2 is 2.15 bits per heavy atom. The number of benzene rings is 1. The molecule has 0 saturated carbocycles. The van der Waals surface area contributed by atoms with Crippen LogP contribution < -0.4 is 0 Å². The maximum absolute atomic E-state index is 11.2. The predicted octanol–water partition coefficient (Wildman–Crippen LogP) is 2.83. The van der Waals surface area contributed by atoms with Gasteiger partial charge in [0, 0.05) is 6.42 Å². The van der Waals surface area contributed by atoms with Crippen LogP contribution in [0, 0.1) is 16.7 Å². The summed E-state index contributed by atoms with van der Waals surface area (Å²) in [6.45, 7) is 1.97. The van der Waals surface area contributed by atoms with Crippen LogP contribution >= 0.6 is 0 Å². The summed E-state index contributed by atoms with van der Waals surface area (Å²) in [5.74, 6) is 0. The Kier molecular flexibility index (Phi) is 3.32. The molecule has 4 atom stereocenters. The first-order chi connectivity index (χ1) is 9.63. The van der Waals surface area contributed by atoms with Gasteiger partial charge in [0.15, 0.2) is 0 Å². The summed E-state index contributed by atoms with van der Waals surface area (Å²) in [5.41, 5.74) is -0.682. The topological polar surface area (TPSA) is 53.2 Å². The summed E-state index contributed by atoms with van der Waals surface area (Å²) < 4.78 is 5.88. The molecule has 0 radical (unpaired) electrons. The number of hydrogen-bond acceptors (Lipinski definition) is 3. The molecule has 106 valence electrons. The Morgan fingerprint density at radius 1 is 1.40 bits per heavy atom. The Hall–Kier alpha value is -1.37. The van der Waals surface area contributed by atoms with Crippen molar-refractivity contribution in [3.8, 4) is 6.07 Å². The van der Waals surface area contributed by atoms with E-state index >= 15 is 0 Å². The molecule has 0 spiro atoms. The summed E-state index contributed by atoms with van der Waals surface area (Å²) in [4.78, 5) is 0. The van der Waals surface area contributed by atoms with Gasteiger partial charge in [-0.05, 0) is 31.2 Å². The minimum Gasteiger partial charge on any atom is -0.388 e. The average Bonchev–Trinajstić information content (AvgIpc) is 3.09. The summed E-state index contributed by atoms with van der Waals surface area (Å²) in [5, 5.41) is 21.0. The molecule has 1 aromatic carbocycles. The van der Waals surface area contributed by atoms with Crippen molar-refractivity contribution in [2.24, 2.45) is 5.41 Å². The van der Waals surface area contributed by atoms with E-state index in [0.29, 0.717) is 19.3 Å². The molecule has 0 aromatic heterocycles. The summed E-state index contributed by atoms with van der Waals surface area (Å²) >= 11 is 0. The SMILES string of the molecule is CCC(O)(Cc1ccccc1)C1(C#N)CC2CCC1O2. The van der Waals surface area contributed by atoms with Gasteiger partial charge >= 0.3 is 0 Å². The molecule has 2 aliphatic rings. The molecule has 0 amide bonds. The molecule has 2 saturated heterocycles. The molecule has 1 aromatic rings. The molecule has 0 aliphatic carbocycles. The zero-order chi connectivity index (χ0) is 14.2. The normalized spacial score (nSPS) is 34.6. The first-order valence-electron chi connectivity index (χ1n) is 7.46. The minimum atomic E-state index is -1.01. The molecule has 3 rings (SSSR count). The van der Waals surface area contributed by atoms with Crippen molar-refractivity contribution < 1.29 is 9.84 Å². The van der Waals surface area contributed by atoms with Crippen LogP contribution in [0.25, 0.3) is 0 Å². The number of nitrogens with zero attached hydrogens (tertiary/aromatic N) is 1. The molecule has 3 heteroatoms. The van der Waals surface area contributed by atoms with Crippen molar-refractivity contribution in [3.63, 3.8) is 0 Å². The Labute approximate surface area is 120 Å². The number of nitriles is 1. The lowest BCUT2D eigenvalue weighted by Gasteiger charge is -2.43. The van der Waals surface area contributed by atoms with Gasteiger partial charge in [-0.1, -0.05) is 37.3 Å². The molecule has 1 N–H and O–H groups in total. The fourth-order valence-electron chi connectivity index (χ4n) is 3.95. The highest BCUT2D eigenvalue weighted by molar-refractivity contribution is 5.26. The van der Waals surface area contributed by atoms with Crippen molar-refractivity contribution >= 4 is 0 Å². The second kappa shape index (κ2) is 4.87. The molecule has 3 nitrogen and oxygen atoms in total. The molecule has 4 unspecified atom stereocenters. The third-order valence-electron chi connectivity index (χ3n) is 5.16. The quantitative estimate of drug-likeness (QED) is 0.916. The second-order valence-corrected chi connectivity index (χ2v) is 6.16. The standard InChI is InChI=1S/C17H21NO2/c1-2-17(19,10-13-6-4-3-5-7-13)16(12-18)11-14-8-9-15(16)20-14/h3-7,14-15,19H,2,8-11H2,1H3. The van der Waals surface area contributed by atoms with E-state index in [1.807, 2.05) is 37.3 Å². The first kappa shape index (κ1) is 13.6. The van der Waals surface area contributed by atoms with E-state index in [9.17, 15) is 10.4 Å². The molecule has 20 heavy (non-hydrogen) atoms. The van der Waals surface area contributed by atoms with E-state index in [0.717, 1.165) is 18.4 Å². The zero-order valence-electron chi connectivity index (χ0n) is 11.9. The third-order valence-corrected chi connectivity index (χ3v) is 5.16. The van der Waals surface area contributed by atoms with Crippen LogP contribution in [0.2, 0.25) is 0 Å². The van der Waals surface area contributed by atoms with E-state index in [2.05, 4.69) is 6.07 Å². The third kappa shape index (κ3) is 1.87. The summed E-state index contributed by atoms with van der Waals surface area (Å²) in [6, 6.07) is 12.4. The van der Waals surface area contributed by atoms with Gasteiger partial charge in [-0.25, -0.2) is 0 Å². The van der Waals surface area contributed by atoms with Crippen molar-refractivity contribution in [1.82, 2.24) is 0 Å². The van der Waals surface area contributed by atoms with E-state index in [4.69, 9.17) is 4.74 Å². The smallest absolute Gasteiger partial charge is 0.115 e. The monoisotopic (exact) mass is 271 g/mol. The number of hydrogen-bond donors (Lipinski definition) is 1. The first-order valence-corrected chi connectivity index (χ1v) is 7.46. The van der Waals surface area contributed by atoms with Gasteiger partial charge in [0.25, 0.3) is 0 Å². The van der Waals surface area contributed by atoms with Crippen LogP contribution in [0.15, 0.2) is 30.3 Å². The van der Waals surface area contributed by atoms with Crippen LogP contribution in [0.1, 0.15) is 38.2 Å². The maximum Gasteiger partial charge on any atom is 0.115 e. The molecular weight excluding hydrogens is 250 g/mol.